The molecule has 0 bridgehead atoms. The Balaban J connectivity index is 1.08. The van der Waals surface area contributed by atoms with Gasteiger partial charge in [0, 0.05) is 43.2 Å². The van der Waals surface area contributed by atoms with Gasteiger partial charge >= 0.3 is 5.97 Å². The van der Waals surface area contributed by atoms with Crippen LogP contribution < -0.4 is 25.6 Å². The Kier molecular flexibility index (Phi) is 13.5. The van der Waals surface area contributed by atoms with Gasteiger partial charge in [0.2, 0.25) is 17.7 Å². The average molecular weight is 753 g/mol. The van der Waals surface area contributed by atoms with Gasteiger partial charge in [-0.15, -0.1) is 0 Å². The summed E-state index contributed by atoms with van der Waals surface area (Å²) in [6.45, 7) is 5.97. The molecule has 0 aromatic heterocycles. The first kappa shape index (κ1) is 39.3. The number of carbonyl (C=O) groups is 4. The lowest BCUT2D eigenvalue weighted by Gasteiger charge is -2.24. The number of hydrogen-bond acceptors (Lipinski definition) is 7. The molecule has 0 spiro atoms. The molecule has 2 atom stereocenters. The van der Waals surface area contributed by atoms with E-state index >= 15 is 0 Å². The van der Waals surface area contributed by atoms with Crippen molar-refractivity contribution in [2.45, 2.75) is 45.2 Å². The summed E-state index contributed by atoms with van der Waals surface area (Å²) in [6.07, 6.45) is 2.29. The zero-order valence-corrected chi connectivity index (χ0v) is 31.8. The van der Waals surface area contributed by atoms with Crippen LogP contribution in [-0.4, -0.2) is 68.6 Å². The highest BCUT2D eigenvalue weighted by atomic mass is 16.5. The van der Waals surface area contributed by atoms with Crippen LogP contribution in [0.3, 0.4) is 0 Å². The number of amides is 3. The number of carbonyl (C=O) groups excluding carboxylic acids is 4. The minimum absolute atomic E-state index is 0.0274. The number of ether oxygens (including phenoxy) is 2. The third kappa shape index (κ3) is 10.6. The smallest absolute Gasteiger partial charge is 0.337 e. The fraction of sp³-hybridized carbons (Fsp3) is 0.261. The van der Waals surface area contributed by atoms with Crippen molar-refractivity contribution in [1.82, 2.24) is 16.0 Å². The number of nitrogens with zero attached hydrogens (tertiary/aromatic N) is 1. The van der Waals surface area contributed by atoms with E-state index < -0.39 is 29.9 Å². The van der Waals surface area contributed by atoms with Crippen LogP contribution >= 0.6 is 0 Å². The van der Waals surface area contributed by atoms with Crippen molar-refractivity contribution in [3.05, 3.63) is 149 Å². The summed E-state index contributed by atoms with van der Waals surface area (Å²) in [5.41, 5.74) is 4.75. The van der Waals surface area contributed by atoms with Crippen molar-refractivity contribution in [1.29, 1.82) is 0 Å². The van der Waals surface area contributed by atoms with Gasteiger partial charge in [0.1, 0.15) is 31.0 Å². The maximum absolute atomic E-state index is 14.0. The van der Waals surface area contributed by atoms with Crippen molar-refractivity contribution in [3.63, 3.8) is 0 Å². The van der Waals surface area contributed by atoms with Crippen molar-refractivity contribution >= 4 is 46.2 Å². The summed E-state index contributed by atoms with van der Waals surface area (Å²) in [4.78, 5) is 56.2. The van der Waals surface area contributed by atoms with Gasteiger partial charge < -0.3 is 30.3 Å². The summed E-state index contributed by atoms with van der Waals surface area (Å²) in [5, 5.41) is 10.7. The molecule has 1 aliphatic heterocycles. The Bertz CT molecular complexity index is 2170. The van der Waals surface area contributed by atoms with Crippen LogP contribution in [0.4, 0.5) is 5.69 Å². The number of fused-ring (bicyclic) bond motifs is 2. The van der Waals surface area contributed by atoms with Gasteiger partial charge in [0.05, 0.1) is 18.5 Å². The Morgan fingerprint density at radius 2 is 1.34 bits per heavy atom. The van der Waals surface area contributed by atoms with Crippen LogP contribution in [0.25, 0.3) is 16.8 Å². The number of anilines is 1. The lowest BCUT2D eigenvalue weighted by molar-refractivity contribution is -0.139. The molecule has 1 aliphatic rings. The summed E-state index contributed by atoms with van der Waals surface area (Å²) in [5.74, 6) is -1.07. The predicted octanol–water partition coefficient (Wildman–Crippen LogP) is 5.82. The van der Waals surface area contributed by atoms with Gasteiger partial charge in [-0.1, -0.05) is 103 Å². The van der Waals surface area contributed by atoms with Crippen LogP contribution in [0.2, 0.25) is 0 Å². The van der Waals surface area contributed by atoms with E-state index in [1.807, 2.05) is 121 Å². The van der Waals surface area contributed by atoms with Gasteiger partial charge in [-0.05, 0) is 59.5 Å². The second-order valence-electron chi connectivity index (χ2n) is 13.7. The van der Waals surface area contributed by atoms with E-state index in [1.54, 1.807) is 6.08 Å². The first-order valence-electron chi connectivity index (χ1n) is 19.1. The van der Waals surface area contributed by atoms with Crippen LogP contribution in [0, 0.1) is 0 Å². The first-order valence-corrected chi connectivity index (χ1v) is 19.1. The highest BCUT2D eigenvalue weighted by Gasteiger charge is 2.28. The Labute approximate surface area is 327 Å². The number of hydrogen-bond donors (Lipinski definition) is 3. The number of rotatable bonds is 17. The molecule has 10 heteroatoms. The summed E-state index contributed by atoms with van der Waals surface area (Å²) < 4.78 is 11.4. The quantitative estimate of drug-likeness (QED) is 0.0808. The molecule has 3 amide bonds. The Morgan fingerprint density at radius 3 is 2.02 bits per heavy atom. The lowest BCUT2D eigenvalue weighted by Crippen LogP contribution is -2.55. The van der Waals surface area contributed by atoms with Crippen molar-refractivity contribution in [2.24, 2.45) is 0 Å². The summed E-state index contributed by atoms with van der Waals surface area (Å²) in [7, 11) is 0. The number of nitrogens with one attached hydrogen (secondary N) is 3. The predicted molar refractivity (Wildman–Crippen MR) is 219 cm³/mol. The van der Waals surface area contributed by atoms with Crippen molar-refractivity contribution < 1.29 is 28.7 Å². The molecule has 0 radical (unpaired) electrons. The highest BCUT2D eigenvalue weighted by molar-refractivity contribution is 5.96. The molecule has 0 unspecified atom stereocenters. The molecule has 0 aliphatic carbocycles. The third-order valence-corrected chi connectivity index (χ3v) is 9.76. The monoisotopic (exact) mass is 752 g/mol. The van der Waals surface area contributed by atoms with Gasteiger partial charge in [-0.2, -0.15) is 0 Å². The zero-order valence-electron chi connectivity index (χ0n) is 31.8. The van der Waals surface area contributed by atoms with Crippen LogP contribution in [0.5, 0.6) is 5.75 Å². The highest BCUT2D eigenvalue weighted by Crippen LogP contribution is 2.31. The van der Waals surface area contributed by atoms with E-state index in [-0.39, 0.29) is 44.9 Å². The second kappa shape index (κ2) is 19.3. The lowest BCUT2D eigenvalue weighted by atomic mass is 10.0. The average Bonchev–Trinajstić information content (AvgIpc) is 3.22. The maximum Gasteiger partial charge on any atom is 0.337 e. The molecular weight excluding hydrogens is 705 g/mol. The van der Waals surface area contributed by atoms with Gasteiger partial charge in [-0.3, -0.25) is 14.4 Å². The van der Waals surface area contributed by atoms with E-state index in [0.29, 0.717) is 11.3 Å². The molecule has 10 nitrogen and oxygen atoms in total. The molecule has 1 heterocycles. The van der Waals surface area contributed by atoms with E-state index in [0.717, 1.165) is 51.8 Å². The molecule has 0 saturated carbocycles. The van der Waals surface area contributed by atoms with E-state index in [2.05, 4.69) is 34.7 Å². The molecule has 3 N–H and O–H groups in total. The molecule has 0 fully saturated rings. The van der Waals surface area contributed by atoms with Crippen LogP contribution in [-0.2, 0) is 43.2 Å². The van der Waals surface area contributed by atoms with Crippen molar-refractivity contribution in [2.75, 3.05) is 37.7 Å². The zero-order chi connectivity index (χ0) is 39.3. The SMILES string of the molecule is CCN(CC)c1ccc2c(c1)OCC(C(=O)OCCNC(=O)[C@H](Cc1ccccc1)NC(=O)[C@H](Cc1ccccc1)NC(=O)Cc1ccc3ccccc3c1)=C2. The number of esters is 1. The van der Waals surface area contributed by atoms with Gasteiger partial charge in [0.15, 0.2) is 0 Å². The number of benzene rings is 5. The molecule has 5 aromatic carbocycles. The Morgan fingerprint density at radius 1 is 0.696 bits per heavy atom. The van der Waals surface area contributed by atoms with E-state index in [9.17, 15) is 19.2 Å². The minimum Gasteiger partial charge on any atom is -0.488 e. The maximum atomic E-state index is 14.0. The molecular formula is C46H48N4O6. The topological polar surface area (TPSA) is 126 Å². The van der Waals surface area contributed by atoms with Crippen LogP contribution in [0.15, 0.2) is 127 Å². The van der Waals surface area contributed by atoms with Gasteiger partial charge in [-0.25, -0.2) is 4.79 Å². The summed E-state index contributed by atoms with van der Waals surface area (Å²) in [6, 6.07) is 36.6. The first-order chi connectivity index (χ1) is 27.3. The third-order valence-electron chi connectivity index (χ3n) is 9.76. The molecule has 288 valence electrons. The van der Waals surface area contributed by atoms with Crippen LogP contribution in [0.1, 0.15) is 36.1 Å². The van der Waals surface area contributed by atoms with E-state index in [1.165, 1.54) is 0 Å². The normalized spacial score (nSPS) is 12.9. The molecule has 6 rings (SSSR count). The molecule has 5 aromatic rings. The molecule has 0 saturated heterocycles. The fourth-order valence-electron chi connectivity index (χ4n) is 6.76. The summed E-state index contributed by atoms with van der Waals surface area (Å²) >= 11 is 0. The van der Waals surface area contributed by atoms with E-state index in [4.69, 9.17) is 9.47 Å². The fourth-order valence-corrected chi connectivity index (χ4v) is 6.76. The van der Waals surface area contributed by atoms with Crippen molar-refractivity contribution in [3.8, 4) is 5.75 Å². The van der Waals surface area contributed by atoms with Gasteiger partial charge in [0.25, 0.3) is 0 Å². The molecule has 56 heavy (non-hydrogen) atoms. The second-order valence-corrected chi connectivity index (χ2v) is 13.7. The Hall–Kier alpha value is -6.42. The largest absolute Gasteiger partial charge is 0.488 e. The standard InChI is InChI=1S/C46H48N4O6/c1-3-50(4-2)39-22-21-37-29-38(31-56-42(37)30-39)46(54)55-24-23-47-44(52)40(26-32-13-7-5-8-14-32)49-45(53)41(27-33-15-9-6-10-16-33)48-43(51)28-34-19-20-35-17-11-12-18-36(35)25-34/h5-22,25,29-30,40-41H,3-4,23-24,26-28,31H2,1-2H3,(H,47,52)(H,48,51)(H,49,53)/t40-,41-/m0/s1. The minimum atomic E-state index is -0.969.